The first kappa shape index (κ1) is 19.9. The van der Waals surface area contributed by atoms with Gasteiger partial charge in [0.05, 0.1) is 0 Å². The van der Waals surface area contributed by atoms with Crippen molar-refractivity contribution in [3.63, 3.8) is 0 Å². The molecule has 1 N–H and O–H groups in total. The van der Waals surface area contributed by atoms with Gasteiger partial charge in [-0.05, 0) is 56.2 Å². The van der Waals surface area contributed by atoms with E-state index in [0.717, 1.165) is 43.6 Å². The molecular formula is C23H29N3O2. The number of piperidine rings is 1. The fourth-order valence-corrected chi connectivity index (χ4v) is 3.61. The van der Waals surface area contributed by atoms with Gasteiger partial charge in [-0.25, -0.2) is 0 Å². The Morgan fingerprint density at radius 3 is 2.39 bits per heavy atom. The van der Waals surface area contributed by atoms with Crippen LogP contribution in [0, 0.1) is 5.92 Å². The van der Waals surface area contributed by atoms with E-state index in [2.05, 4.69) is 41.2 Å². The number of hydrogen-bond donors (Lipinski definition) is 1. The van der Waals surface area contributed by atoms with Crippen molar-refractivity contribution in [1.29, 1.82) is 0 Å². The van der Waals surface area contributed by atoms with Gasteiger partial charge in [-0.3, -0.25) is 9.59 Å². The van der Waals surface area contributed by atoms with Crippen LogP contribution in [0.5, 0.6) is 0 Å². The average molecular weight is 380 g/mol. The molecule has 1 aliphatic heterocycles. The van der Waals surface area contributed by atoms with Crippen LogP contribution < -0.4 is 15.1 Å². The van der Waals surface area contributed by atoms with E-state index in [1.54, 1.807) is 0 Å². The first-order valence-corrected chi connectivity index (χ1v) is 9.94. The van der Waals surface area contributed by atoms with Crippen LogP contribution in [0.25, 0.3) is 0 Å². The van der Waals surface area contributed by atoms with Crippen molar-refractivity contribution in [1.82, 2.24) is 5.32 Å². The molecular weight excluding hydrogens is 350 g/mol. The molecule has 0 unspecified atom stereocenters. The number of rotatable bonds is 7. The minimum Gasteiger partial charge on any atom is -0.371 e. The van der Waals surface area contributed by atoms with E-state index < -0.39 is 0 Å². The molecule has 1 amide bonds. The van der Waals surface area contributed by atoms with Crippen molar-refractivity contribution >= 4 is 23.6 Å². The van der Waals surface area contributed by atoms with Crippen LogP contribution in [0.2, 0.25) is 0 Å². The molecule has 0 aromatic heterocycles. The van der Waals surface area contributed by atoms with Crippen molar-refractivity contribution in [2.24, 2.45) is 5.92 Å². The lowest BCUT2D eigenvalue weighted by atomic mass is 9.95. The van der Waals surface area contributed by atoms with E-state index in [0.29, 0.717) is 12.1 Å². The highest BCUT2D eigenvalue weighted by atomic mass is 16.1. The maximum absolute atomic E-state index is 12.6. The predicted molar refractivity (Wildman–Crippen MR) is 114 cm³/mol. The van der Waals surface area contributed by atoms with Gasteiger partial charge in [-0.15, -0.1) is 0 Å². The first-order valence-electron chi connectivity index (χ1n) is 9.94. The largest absolute Gasteiger partial charge is 0.371 e. The zero-order valence-corrected chi connectivity index (χ0v) is 16.7. The van der Waals surface area contributed by atoms with Crippen molar-refractivity contribution in [3.05, 3.63) is 60.2 Å². The Hall–Kier alpha value is -2.82. The second kappa shape index (κ2) is 9.40. The molecule has 1 saturated heterocycles. The number of carbonyl (C=O) groups excluding carboxylic acids is 2. The molecule has 5 nitrogen and oxygen atoms in total. The Morgan fingerprint density at radius 2 is 1.79 bits per heavy atom. The maximum atomic E-state index is 12.6. The molecule has 1 fully saturated rings. The summed E-state index contributed by atoms with van der Waals surface area (Å²) in [6.07, 6.45) is 2.56. The monoisotopic (exact) mass is 379 g/mol. The van der Waals surface area contributed by atoms with Crippen LogP contribution in [-0.4, -0.2) is 44.9 Å². The molecule has 5 heteroatoms. The third-order valence-electron chi connectivity index (χ3n) is 5.66. The van der Waals surface area contributed by atoms with E-state index >= 15 is 0 Å². The Bertz CT molecular complexity index is 768. The summed E-state index contributed by atoms with van der Waals surface area (Å²) >= 11 is 0. The van der Waals surface area contributed by atoms with Crippen LogP contribution in [0.1, 0.15) is 30.1 Å². The number of likely N-dealkylation sites (N-methyl/N-ethyl adjacent to an activating group) is 1. The van der Waals surface area contributed by atoms with Gasteiger partial charge in [0.2, 0.25) is 5.91 Å². The molecule has 0 saturated carbocycles. The Morgan fingerprint density at radius 1 is 1.14 bits per heavy atom. The number of benzene rings is 2. The van der Waals surface area contributed by atoms with E-state index in [9.17, 15) is 9.59 Å². The molecule has 148 valence electrons. The van der Waals surface area contributed by atoms with Crippen molar-refractivity contribution in [2.45, 2.75) is 25.8 Å². The lowest BCUT2D eigenvalue weighted by Crippen LogP contribution is -2.45. The van der Waals surface area contributed by atoms with Crippen LogP contribution in [0.3, 0.4) is 0 Å². The summed E-state index contributed by atoms with van der Waals surface area (Å²) in [5, 5.41) is 3.13. The van der Waals surface area contributed by atoms with Crippen LogP contribution >= 0.6 is 0 Å². The Labute approximate surface area is 167 Å². The van der Waals surface area contributed by atoms with E-state index in [1.165, 1.54) is 0 Å². The molecule has 3 rings (SSSR count). The second-order valence-electron chi connectivity index (χ2n) is 7.51. The average Bonchev–Trinajstić information content (AvgIpc) is 2.77. The molecule has 0 radical (unpaired) electrons. The highest BCUT2D eigenvalue weighted by Gasteiger charge is 2.25. The SMILES string of the molecule is C[C@@H](CNC(=O)C1CCN(c2ccc(C=O)cc2)CC1)N(C)c1ccccc1. The topological polar surface area (TPSA) is 52.7 Å². The van der Waals surface area contributed by atoms with Gasteiger partial charge in [0.1, 0.15) is 6.29 Å². The lowest BCUT2D eigenvalue weighted by molar-refractivity contribution is -0.125. The highest BCUT2D eigenvalue weighted by Crippen LogP contribution is 2.23. The van der Waals surface area contributed by atoms with Crippen LogP contribution in [0.15, 0.2) is 54.6 Å². The minimum atomic E-state index is 0.0692. The van der Waals surface area contributed by atoms with Crippen molar-refractivity contribution < 1.29 is 9.59 Å². The lowest BCUT2D eigenvalue weighted by Gasteiger charge is -2.33. The maximum Gasteiger partial charge on any atom is 0.223 e. The molecule has 0 spiro atoms. The summed E-state index contributed by atoms with van der Waals surface area (Å²) in [5.74, 6) is 0.226. The standard InChI is InChI=1S/C23H29N3O2/c1-18(25(2)21-6-4-3-5-7-21)16-24-23(28)20-12-14-26(15-13-20)22-10-8-19(17-27)9-11-22/h3-11,17-18,20H,12-16H2,1-2H3,(H,24,28)/t18-/m0/s1. The molecule has 1 heterocycles. The van der Waals surface area contributed by atoms with Gasteiger partial charge >= 0.3 is 0 Å². The quantitative estimate of drug-likeness (QED) is 0.750. The molecule has 2 aromatic rings. The Balaban J connectivity index is 1.45. The third-order valence-corrected chi connectivity index (χ3v) is 5.66. The van der Waals surface area contributed by atoms with Crippen molar-refractivity contribution in [3.8, 4) is 0 Å². The molecule has 1 aliphatic rings. The van der Waals surface area contributed by atoms with E-state index in [4.69, 9.17) is 0 Å². The number of carbonyl (C=O) groups is 2. The smallest absolute Gasteiger partial charge is 0.223 e. The summed E-state index contributed by atoms with van der Waals surface area (Å²) in [7, 11) is 2.06. The number of anilines is 2. The Kier molecular flexibility index (Phi) is 6.69. The first-order chi connectivity index (χ1) is 13.6. The van der Waals surface area contributed by atoms with Crippen LogP contribution in [-0.2, 0) is 4.79 Å². The van der Waals surface area contributed by atoms with Gasteiger partial charge in [0, 0.05) is 55.6 Å². The number of para-hydroxylation sites is 1. The molecule has 2 aromatic carbocycles. The molecule has 0 bridgehead atoms. The van der Waals surface area contributed by atoms with E-state index in [-0.39, 0.29) is 17.9 Å². The van der Waals surface area contributed by atoms with Crippen molar-refractivity contribution in [2.75, 3.05) is 36.5 Å². The number of nitrogens with zero attached hydrogens (tertiary/aromatic N) is 2. The van der Waals surface area contributed by atoms with E-state index in [1.807, 2.05) is 42.5 Å². The number of hydrogen-bond acceptors (Lipinski definition) is 4. The highest BCUT2D eigenvalue weighted by molar-refractivity contribution is 5.79. The summed E-state index contributed by atoms with van der Waals surface area (Å²) < 4.78 is 0. The third kappa shape index (κ3) is 4.91. The summed E-state index contributed by atoms with van der Waals surface area (Å²) in [6, 6.07) is 18.1. The molecule has 28 heavy (non-hydrogen) atoms. The number of nitrogens with one attached hydrogen (secondary N) is 1. The molecule has 0 aliphatic carbocycles. The molecule has 1 atom stereocenters. The fraction of sp³-hybridized carbons (Fsp3) is 0.391. The fourth-order valence-electron chi connectivity index (χ4n) is 3.61. The number of aldehydes is 1. The zero-order valence-electron chi connectivity index (χ0n) is 16.7. The van der Waals surface area contributed by atoms with Crippen LogP contribution in [0.4, 0.5) is 11.4 Å². The minimum absolute atomic E-state index is 0.0692. The second-order valence-corrected chi connectivity index (χ2v) is 7.51. The van der Waals surface area contributed by atoms with Gasteiger partial charge in [-0.2, -0.15) is 0 Å². The normalized spacial score (nSPS) is 15.7. The summed E-state index contributed by atoms with van der Waals surface area (Å²) in [4.78, 5) is 27.9. The predicted octanol–water partition coefficient (Wildman–Crippen LogP) is 3.36. The van der Waals surface area contributed by atoms with Gasteiger partial charge in [0.15, 0.2) is 0 Å². The van der Waals surface area contributed by atoms with Gasteiger partial charge < -0.3 is 15.1 Å². The number of amides is 1. The summed E-state index contributed by atoms with van der Waals surface area (Å²) in [6.45, 7) is 4.48. The van der Waals surface area contributed by atoms with Gasteiger partial charge in [-0.1, -0.05) is 18.2 Å². The summed E-state index contributed by atoms with van der Waals surface area (Å²) in [5.41, 5.74) is 2.95. The van der Waals surface area contributed by atoms with Gasteiger partial charge in [0.25, 0.3) is 0 Å². The zero-order chi connectivity index (χ0) is 19.9.